The van der Waals surface area contributed by atoms with E-state index in [1.807, 2.05) is 6.07 Å². The monoisotopic (exact) mass is 300 g/mol. The molecule has 0 aliphatic heterocycles. The molecule has 0 spiro atoms. The van der Waals surface area contributed by atoms with Crippen LogP contribution in [0.3, 0.4) is 0 Å². The highest BCUT2D eigenvalue weighted by Crippen LogP contribution is 2.26. The van der Waals surface area contributed by atoms with Crippen LogP contribution >= 0.6 is 15.9 Å². The second-order valence-electron chi connectivity index (χ2n) is 5.82. The number of hydrogen-bond acceptors (Lipinski definition) is 3. The maximum atomic E-state index is 5.89. The molecule has 1 rings (SSSR count). The third-order valence-electron chi connectivity index (χ3n) is 2.57. The predicted octanol–water partition coefficient (Wildman–Crippen LogP) is 4.10. The Morgan fingerprint density at radius 3 is 2.24 bits per heavy atom. The first-order valence-corrected chi connectivity index (χ1v) is 6.67. The van der Waals surface area contributed by atoms with E-state index in [0.29, 0.717) is 5.88 Å². The molecule has 0 saturated heterocycles. The Kier molecular flexibility index (Phi) is 4.18. The summed E-state index contributed by atoms with van der Waals surface area (Å²) >= 11 is 3.40. The first kappa shape index (κ1) is 14.4. The topological polar surface area (TPSA) is 35.0 Å². The minimum atomic E-state index is -0.205. The van der Waals surface area contributed by atoms with Gasteiger partial charge in [0.1, 0.15) is 16.0 Å². The van der Waals surface area contributed by atoms with Crippen molar-refractivity contribution in [3.63, 3.8) is 0 Å². The Morgan fingerprint density at radius 1 is 1.18 bits per heavy atom. The number of ether oxygens (including phenoxy) is 1. The SMILES string of the molecule is CCC(C)(C)Oc1cc(Br)nc(C(C)(C)C)n1. The van der Waals surface area contributed by atoms with Crippen LogP contribution in [-0.4, -0.2) is 15.6 Å². The average molecular weight is 301 g/mol. The van der Waals surface area contributed by atoms with Crippen molar-refractivity contribution in [1.82, 2.24) is 9.97 Å². The molecule has 1 aromatic heterocycles. The molecular weight excluding hydrogens is 280 g/mol. The summed E-state index contributed by atoms with van der Waals surface area (Å²) in [6, 6.07) is 1.81. The van der Waals surface area contributed by atoms with Crippen LogP contribution in [0.15, 0.2) is 10.7 Å². The van der Waals surface area contributed by atoms with Crippen LogP contribution in [0.4, 0.5) is 0 Å². The summed E-state index contributed by atoms with van der Waals surface area (Å²) < 4.78 is 6.65. The molecule has 0 amide bonds. The molecule has 0 bridgehead atoms. The summed E-state index contributed by atoms with van der Waals surface area (Å²) in [4.78, 5) is 8.86. The summed E-state index contributed by atoms with van der Waals surface area (Å²) in [5, 5.41) is 0. The van der Waals surface area contributed by atoms with Crippen LogP contribution < -0.4 is 4.74 Å². The van der Waals surface area contributed by atoms with Crippen LogP contribution in [0.2, 0.25) is 0 Å². The Bertz CT molecular complexity index is 397. The normalized spacial score (nSPS) is 12.6. The summed E-state index contributed by atoms with van der Waals surface area (Å²) in [5.74, 6) is 1.41. The standard InChI is InChI=1S/C13H21BrN2O/c1-7-13(5,6)17-10-8-9(14)15-11(16-10)12(2,3)4/h8H,7H2,1-6H3. The van der Waals surface area contributed by atoms with Gasteiger partial charge in [0.25, 0.3) is 0 Å². The summed E-state index contributed by atoms with van der Waals surface area (Å²) in [5.41, 5.74) is -0.290. The lowest BCUT2D eigenvalue weighted by Gasteiger charge is -2.25. The minimum absolute atomic E-state index is 0.0851. The van der Waals surface area contributed by atoms with Gasteiger partial charge < -0.3 is 4.74 Å². The van der Waals surface area contributed by atoms with Gasteiger partial charge in [-0.05, 0) is 36.2 Å². The number of halogens is 1. The van der Waals surface area contributed by atoms with Crippen LogP contribution in [0, 0.1) is 0 Å². The molecule has 0 unspecified atom stereocenters. The summed E-state index contributed by atoms with van der Waals surface area (Å²) in [6.07, 6.45) is 0.930. The van der Waals surface area contributed by atoms with Gasteiger partial charge >= 0.3 is 0 Å². The van der Waals surface area contributed by atoms with Gasteiger partial charge in [-0.3, -0.25) is 0 Å². The van der Waals surface area contributed by atoms with Crippen molar-refractivity contribution >= 4 is 15.9 Å². The maximum Gasteiger partial charge on any atom is 0.218 e. The van der Waals surface area contributed by atoms with E-state index >= 15 is 0 Å². The maximum absolute atomic E-state index is 5.89. The zero-order chi connectivity index (χ0) is 13.3. The van der Waals surface area contributed by atoms with Gasteiger partial charge in [0.15, 0.2) is 0 Å². The second-order valence-corrected chi connectivity index (χ2v) is 6.63. The molecule has 0 fully saturated rings. The summed E-state index contributed by atoms with van der Waals surface area (Å²) in [6.45, 7) is 12.5. The highest BCUT2D eigenvalue weighted by atomic mass is 79.9. The van der Waals surface area contributed by atoms with Gasteiger partial charge in [-0.2, -0.15) is 4.98 Å². The fourth-order valence-corrected chi connectivity index (χ4v) is 1.50. The fourth-order valence-electron chi connectivity index (χ4n) is 1.14. The van der Waals surface area contributed by atoms with Gasteiger partial charge in [0.2, 0.25) is 5.88 Å². The van der Waals surface area contributed by atoms with Crippen molar-refractivity contribution < 1.29 is 4.74 Å². The van der Waals surface area contributed by atoms with E-state index in [9.17, 15) is 0 Å². The third-order valence-corrected chi connectivity index (χ3v) is 2.98. The number of aromatic nitrogens is 2. The van der Waals surface area contributed by atoms with Gasteiger partial charge in [-0.15, -0.1) is 0 Å². The lowest BCUT2D eigenvalue weighted by Crippen LogP contribution is -2.28. The quantitative estimate of drug-likeness (QED) is 0.788. The third kappa shape index (κ3) is 4.26. The predicted molar refractivity (Wildman–Crippen MR) is 73.4 cm³/mol. The molecule has 96 valence electrons. The van der Waals surface area contributed by atoms with Gasteiger partial charge in [0, 0.05) is 11.5 Å². The molecule has 1 heterocycles. The van der Waals surface area contributed by atoms with Crippen molar-refractivity contribution in [2.75, 3.05) is 0 Å². The molecule has 0 saturated carbocycles. The second kappa shape index (κ2) is 4.92. The van der Waals surface area contributed by atoms with Crippen LogP contribution in [0.25, 0.3) is 0 Å². The molecule has 0 atom stereocenters. The zero-order valence-electron chi connectivity index (χ0n) is 11.5. The van der Waals surface area contributed by atoms with E-state index < -0.39 is 0 Å². The molecule has 0 aliphatic carbocycles. The Labute approximate surface area is 112 Å². The highest BCUT2D eigenvalue weighted by Gasteiger charge is 2.22. The van der Waals surface area contributed by atoms with Crippen molar-refractivity contribution in [2.24, 2.45) is 0 Å². The van der Waals surface area contributed by atoms with Crippen molar-refractivity contribution in [2.45, 2.75) is 59.0 Å². The van der Waals surface area contributed by atoms with E-state index in [-0.39, 0.29) is 11.0 Å². The molecule has 17 heavy (non-hydrogen) atoms. The molecule has 0 radical (unpaired) electrons. The van der Waals surface area contributed by atoms with Crippen LogP contribution in [-0.2, 0) is 5.41 Å². The largest absolute Gasteiger partial charge is 0.472 e. The molecule has 0 aliphatic rings. The van der Waals surface area contributed by atoms with Crippen LogP contribution in [0.5, 0.6) is 5.88 Å². The Balaban J connectivity index is 3.06. The lowest BCUT2D eigenvalue weighted by molar-refractivity contribution is 0.0979. The first-order chi connectivity index (χ1) is 7.64. The Hall–Kier alpha value is -0.640. The molecule has 0 N–H and O–H groups in total. The van der Waals surface area contributed by atoms with E-state index in [0.717, 1.165) is 16.8 Å². The van der Waals surface area contributed by atoms with E-state index in [1.54, 1.807) is 0 Å². The number of nitrogens with zero attached hydrogens (tertiary/aromatic N) is 2. The van der Waals surface area contributed by atoms with E-state index in [4.69, 9.17) is 4.74 Å². The molecule has 0 aromatic carbocycles. The molecule has 3 nitrogen and oxygen atoms in total. The van der Waals surface area contributed by atoms with Crippen molar-refractivity contribution in [3.8, 4) is 5.88 Å². The minimum Gasteiger partial charge on any atom is -0.472 e. The first-order valence-electron chi connectivity index (χ1n) is 5.88. The van der Waals surface area contributed by atoms with Crippen LogP contribution in [0.1, 0.15) is 53.8 Å². The molecule has 1 aromatic rings. The number of hydrogen-bond donors (Lipinski definition) is 0. The van der Waals surface area contributed by atoms with E-state index in [1.165, 1.54) is 0 Å². The number of rotatable bonds is 3. The lowest BCUT2D eigenvalue weighted by atomic mass is 9.96. The van der Waals surface area contributed by atoms with Crippen molar-refractivity contribution in [1.29, 1.82) is 0 Å². The molecule has 4 heteroatoms. The van der Waals surface area contributed by atoms with Gasteiger partial charge in [0.05, 0.1) is 0 Å². The van der Waals surface area contributed by atoms with Gasteiger partial charge in [-0.1, -0.05) is 27.7 Å². The van der Waals surface area contributed by atoms with Gasteiger partial charge in [-0.25, -0.2) is 4.98 Å². The van der Waals surface area contributed by atoms with E-state index in [2.05, 4.69) is 67.4 Å². The highest BCUT2D eigenvalue weighted by molar-refractivity contribution is 9.10. The zero-order valence-corrected chi connectivity index (χ0v) is 13.1. The smallest absolute Gasteiger partial charge is 0.218 e. The summed E-state index contributed by atoms with van der Waals surface area (Å²) in [7, 11) is 0. The molecular formula is C13H21BrN2O. The van der Waals surface area contributed by atoms with Crippen molar-refractivity contribution in [3.05, 3.63) is 16.5 Å². The fraction of sp³-hybridized carbons (Fsp3) is 0.692. The Morgan fingerprint density at radius 2 is 1.76 bits per heavy atom. The average Bonchev–Trinajstić information content (AvgIpc) is 2.14.